The molecule has 134 valence electrons. The predicted octanol–water partition coefficient (Wildman–Crippen LogP) is 2.09. The number of rotatable bonds is 4. The quantitative estimate of drug-likeness (QED) is 0.425. The number of aliphatic imine (C=N–C) groups is 1. The summed E-state index contributed by atoms with van der Waals surface area (Å²) in [7, 11) is 0. The Morgan fingerprint density at radius 2 is 2.17 bits per heavy atom. The molecule has 0 radical (unpaired) electrons. The number of benzene rings is 1. The molecule has 0 saturated carbocycles. The number of likely N-dealkylation sites (tertiary alicyclic amines) is 1. The van der Waals surface area contributed by atoms with Gasteiger partial charge in [0, 0.05) is 37.9 Å². The number of hydrogen-bond donors (Lipinski definition) is 2. The number of nitrogens with one attached hydrogen (secondary N) is 1. The maximum atomic E-state index is 9.74. The molecule has 0 aliphatic carbocycles. The molecule has 1 aromatic carbocycles. The normalized spacial score (nSPS) is 21.5. The van der Waals surface area contributed by atoms with Crippen molar-refractivity contribution in [2.45, 2.75) is 38.8 Å². The highest BCUT2D eigenvalue weighted by atomic mass is 127. The molecule has 6 heteroatoms. The summed E-state index contributed by atoms with van der Waals surface area (Å²) in [6.45, 7) is 8.60. The summed E-state index contributed by atoms with van der Waals surface area (Å²) in [6, 6.07) is 9.04. The summed E-state index contributed by atoms with van der Waals surface area (Å²) in [5.41, 5.74) is 2.80. The molecule has 2 heterocycles. The van der Waals surface area contributed by atoms with Gasteiger partial charge in [0.15, 0.2) is 5.96 Å². The number of halogens is 1. The second-order valence-corrected chi connectivity index (χ2v) is 6.50. The van der Waals surface area contributed by atoms with Crippen molar-refractivity contribution >= 4 is 35.6 Å². The molecule has 1 aromatic rings. The lowest BCUT2D eigenvalue weighted by Gasteiger charge is -2.27. The maximum Gasteiger partial charge on any atom is 0.194 e. The van der Waals surface area contributed by atoms with E-state index in [9.17, 15) is 5.11 Å². The van der Waals surface area contributed by atoms with Crippen LogP contribution < -0.4 is 10.2 Å². The molecule has 5 nitrogen and oxygen atoms in total. The van der Waals surface area contributed by atoms with Crippen LogP contribution in [0.3, 0.4) is 0 Å². The largest absolute Gasteiger partial charge is 0.391 e. The molecule has 2 atom stereocenters. The van der Waals surface area contributed by atoms with Gasteiger partial charge in [0.1, 0.15) is 0 Å². The van der Waals surface area contributed by atoms with Crippen LogP contribution in [-0.2, 0) is 6.42 Å². The number of para-hydroxylation sites is 1. The Hall–Kier alpha value is -1.02. The summed E-state index contributed by atoms with van der Waals surface area (Å²) in [5.74, 6) is 0.934. The lowest BCUT2D eigenvalue weighted by molar-refractivity contribution is 0.188. The number of guanidine groups is 1. The van der Waals surface area contributed by atoms with Crippen molar-refractivity contribution in [3.8, 4) is 0 Å². The first kappa shape index (κ1) is 19.3. The SMILES string of the molecule is CCNC(=NCC(C)N1CCc2ccccc21)N1CC[C@@H](O)C1.I. The fourth-order valence-corrected chi connectivity index (χ4v) is 3.50. The summed E-state index contributed by atoms with van der Waals surface area (Å²) in [5, 5.41) is 13.1. The summed E-state index contributed by atoms with van der Waals surface area (Å²) < 4.78 is 0. The number of nitrogens with zero attached hydrogens (tertiary/aromatic N) is 3. The van der Waals surface area contributed by atoms with Crippen LogP contribution in [0.25, 0.3) is 0 Å². The molecule has 1 fully saturated rings. The molecule has 24 heavy (non-hydrogen) atoms. The van der Waals surface area contributed by atoms with Crippen molar-refractivity contribution in [3.63, 3.8) is 0 Å². The average Bonchev–Trinajstić information content (AvgIpc) is 3.17. The highest BCUT2D eigenvalue weighted by Gasteiger charge is 2.25. The first-order valence-electron chi connectivity index (χ1n) is 8.75. The third kappa shape index (κ3) is 4.33. The summed E-state index contributed by atoms with van der Waals surface area (Å²) in [4.78, 5) is 9.45. The van der Waals surface area contributed by atoms with Gasteiger partial charge in [-0.3, -0.25) is 4.99 Å². The van der Waals surface area contributed by atoms with Gasteiger partial charge in [-0.1, -0.05) is 18.2 Å². The van der Waals surface area contributed by atoms with E-state index >= 15 is 0 Å². The van der Waals surface area contributed by atoms with E-state index in [4.69, 9.17) is 4.99 Å². The smallest absolute Gasteiger partial charge is 0.194 e. The van der Waals surface area contributed by atoms with Crippen LogP contribution in [0.15, 0.2) is 29.3 Å². The Morgan fingerprint density at radius 3 is 2.88 bits per heavy atom. The third-order valence-electron chi connectivity index (χ3n) is 4.76. The molecular formula is C18H29IN4O. The van der Waals surface area contributed by atoms with E-state index in [1.54, 1.807) is 0 Å². The van der Waals surface area contributed by atoms with Crippen molar-refractivity contribution in [2.75, 3.05) is 37.6 Å². The zero-order valence-electron chi connectivity index (χ0n) is 14.6. The number of hydrogen-bond acceptors (Lipinski definition) is 3. The third-order valence-corrected chi connectivity index (χ3v) is 4.76. The number of anilines is 1. The Morgan fingerprint density at radius 1 is 1.38 bits per heavy atom. The van der Waals surface area contributed by atoms with E-state index in [1.807, 2.05) is 0 Å². The van der Waals surface area contributed by atoms with Crippen molar-refractivity contribution < 1.29 is 5.11 Å². The Balaban J connectivity index is 0.00000208. The fourth-order valence-electron chi connectivity index (χ4n) is 3.50. The van der Waals surface area contributed by atoms with Gasteiger partial charge in [0.05, 0.1) is 12.6 Å². The van der Waals surface area contributed by atoms with Crippen LogP contribution >= 0.6 is 24.0 Å². The molecule has 2 aliphatic rings. The van der Waals surface area contributed by atoms with Gasteiger partial charge in [0.25, 0.3) is 0 Å². The Bertz CT molecular complexity index is 566. The minimum absolute atomic E-state index is 0. The molecule has 1 unspecified atom stereocenters. The Kier molecular flexibility index (Phi) is 7.16. The molecule has 0 spiro atoms. The molecule has 3 rings (SSSR count). The van der Waals surface area contributed by atoms with Crippen molar-refractivity contribution in [1.82, 2.24) is 10.2 Å². The molecular weight excluding hydrogens is 415 g/mol. The summed E-state index contributed by atoms with van der Waals surface area (Å²) in [6.07, 6.45) is 1.74. The second kappa shape index (κ2) is 8.89. The topological polar surface area (TPSA) is 51.1 Å². The lowest BCUT2D eigenvalue weighted by atomic mass is 10.2. The van der Waals surface area contributed by atoms with E-state index in [0.29, 0.717) is 12.6 Å². The van der Waals surface area contributed by atoms with Crippen molar-refractivity contribution in [2.24, 2.45) is 4.99 Å². The summed E-state index contributed by atoms with van der Waals surface area (Å²) >= 11 is 0. The van der Waals surface area contributed by atoms with Gasteiger partial charge in [0.2, 0.25) is 0 Å². The van der Waals surface area contributed by atoms with Crippen molar-refractivity contribution in [1.29, 1.82) is 0 Å². The van der Waals surface area contributed by atoms with Gasteiger partial charge in [-0.25, -0.2) is 0 Å². The lowest BCUT2D eigenvalue weighted by Crippen LogP contribution is -2.42. The highest BCUT2D eigenvalue weighted by molar-refractivity contribution is 14.0. The van der Waals surface area contributed by atoms with Crippen molar-refractivity contribution in [3.05, 3.63) is 29.8 Å². The number of β-amino-alcohol motifs (C(OH)–C–C–N with tert-alkyl or cyclic N) is 1. The molecule has 0 aromatic heterocycles. The van der Waals surface area contributed by atoms with Crippen LogP contribution in [-0.4, -0.2) is 60.8 Å². The monoisotopic (exact) mass is 444 g/mol. The standard InChI is InChI=1S/C18H28N4O.HI/c1-3-19-18(21-10-9-16(23)13-21)20-12-14(2)22-11-8-15-6-4-5-7-17(15)22;/h4-7,14,16,23H,3,8-13H2,1-2H3,(H,19,20);1H/t14?,16-;/m1./s1. The molecule has 0 bridgehead atoms. The second-order valence-electron chi connectivity index (χ2n) is 6.50. The molecule has 1 saturated heterocycles. The zero-order valence-corrected chi connectivity index (χ0v) is 16.9. The van der Waals surface area contributed by atoms with Gasteiger partial charge < -0.3 is 20.2 Å². The molecule has 0 amide bonds. The van der Waals surface area contributed by atoms with E-state index in [0.717, 1.165) is 45.0 Å². The minimum atomic E-state index is -0.221. The van der Waals surface area contributed by atoms with Crippen LogP contribution in [0.1, 0.15) is 25.8 Å². The van der Waals surface area contributed by atoms with Crippen LogP contribution in [0.2, 0.25) is 0 Å². The fraction of sp³-hybridized carbons (Fsp3) is 0.611. The van der Waals surface area contributed by atoms with Crippen LogP contribution in [0.4, 0.5) is 5.69 Å². The number of aliphatic hydroxyl groups is 1. The minimum Gasteiger partial charge on any atom is -0.391 e. The van der Waals surface area contributed by atoms with Crippen LogP contribution in [0.5, 0.6) is 0 Å². The molecule has 2 aliphatic heterocycles. The molecule has 2 N–H and O–H groups in total. The van der Waals surface area contributed by atoms with Gasteiger partial charge >= 0.3 is 0 Å². The van der Waals surface area contributed by atoms with Gasteiger partial charge in [-0.05, 0) is 38.3 Å². The maximum absolute atomic E-state index is 9.74. The first-order valence-corrected chi connectivity index (χ1v) is 8.75. The van der Waals surface area contributed by atoms with Crippen LogP contribution in [0, 0.1) is 0 Å². The zero-order chi connectivity index (χ0) is 16.2. The first-order chi connectivity index (χ1) is 11.2. The Labute approximate surface area is 162 Å². The highest BCUT2D eigenvalue weighted by Crippen LogP contribution is 2.29. The number of fused-ring (bicyclic) bond motifs is 1. The number of aliphatic hydroxyl groups excluding tert-OH is 1. The predicted molar refractivity (Wildman–Crippen MR) is 111 cm³/mol. The van der Waals surface area contributed by atoms with E-state index < -0.39 is 0 Å². The van der Waals surface area contributed by atoms with E-state index in [1.165, 1.54) is 11.3 Å². The van der Waals surface area contributed by atoms with Gasteiger partial charge in [-0.2, -0.15) is 0 Å². The van der Waals surface area contributed by atoms with E-state index in [2.05, 4.69) is 53.2 Å². The van der Waals surface area contributed by atoms with E-state index in [-0.39, 0.29) is 30.1 Å². The van der Waals surface area contributed by atoms with Gasteiger partial charge in [-0.15, -0.1) is 24.0 Å². The average molecular weight is 444 g/mol.